The minimum atomic E-state index is -0.246. The number of phenols is 1. The smallest absolute Gasteiger partial charge is 0.166 e. The highest BCUT2D eigenvalue weighted by Crippen LogP contribution is 2.62. The molecule has 0 saturated heterocycles. The van der Waals surface area contributed by atoms with Crippen LogP contribution in [0, 0.1) is 23.2 Å². The number of carbonyl (C=O) groups is 1. The van der Waals surface area contributed by atoms with Crippen LogP contribution in [-0.4, -0.2) is 22.1 Å². The second-order valence-electron chi connectivity index (χ2n) is 8.19. The van der Waals surface area contributed by atoms with E-state index in [4.69, 9.17) is 0 Å². The van der Waals surface area contributed by atoms with Crippen LogP contribution in [0.25, 0.3) is 0 Å². The lowest BCUT2D eigenvalue weighted by Gasteiger charge is -2.52. The predicted octanol–water partition coefficient (Wildman–Crippen LogP) is 4.05. The Labute approximate surface area is 143 Å². The summed E-state index contributed by atoms with van der Waals surface area (Å²) in [5.41, 5.74) is 1.74. The van der Waals surface area contributed by atoms with Gasteiger partial charge in [0.05, 0.1) is 6.10 Å². The molecule has 3 aliphatic carbocycles. The van der Waals surface area contributed by atoms with Gasteiger partial charge < -0.3 is 10.2 Å². The lowest BCUT2D eigenvalue weighted by atomic mass is 9.52. The third-order valence-corrected chi connectivity index (χ3v) is 7.21. The predicted molar refractivity (Wildman–Crippen MR) is 93.0 cm³/mol. The summed E-state index contributed by atoms with van der Waals surface area (Å²) in [6, 6.07) is 5.29. The highest BCUT2D eigenvalue weighted by molar-refractivity contribution is 6.01. The van der Waals surface area contributed by atoms with E-state index in [0.717, 1.165) is 31.2 Å². The lowest BCUT2D eigenvalue weighted by Crippen LogP contribution is -2.48. The Bertz CT molecular complexity index is 694. The van der Waals surface area contributed by atoms with Crippen molar-refractivity contribution in [3.05, 3.63) is 42.0 Å². The summed E-state index contributed by atoms with van der Waals surface area (Å²) < 4.78 is 0. The van der Waals surface area contributed by atoms with Crippen LogP contribution in [0.4, 0.5) is 0 Å². The van der Waals surface area contributed by atoms with Crippen LogP contribution >= 0.6 is 0 Å². The van der Waals surface area contributed by atoms with Crippen molar-refractivity contribution in [3.63, 3.8) is 0 Å². The SMILES string of the molecule is C=CC[C@@H]1C(=O)c2cc(O)ccc2[C@H]2CC[C@]3(C)[C@@H](O)CC[C@H]3[C@H]12. The first-order valence-corrected chi connectivity index (χ1v) is 9.13. The summed E-state index contributed by atoms with van der Waals surface area (Å²) in [4.78, 5) is 13.2. The topological polar surface area (TPSA) is 57.5 Å². The Morgan fingerprint density at radius 1 is 1.33 bits per heavy atom. The van der Waals surface area contributed by atoms with Crippen molar-refractivity contribution in [2.24, 2.45) is 23.2 Å². The first-order valence-electron chi connectivity index (χ1n) is 9.13. The maximum absolute atomic E-state index is 13.2. The van der Waals surface area contributed by atoms with E-state index < -0.39 is 0 Å². The van der Waals surface area contributed by atoms with E-state index in [1.165, 1.54) is 0 Å². The number of ketones is 1. The van der Waals surface area contributed by atoms with Crippen LogP contribution < -0.4 is 0 Å². The average molecular weight is 326 g/mol. The van der Waals surface area contributed by atoms with Crippen molar-refractivity contribution in [2.45, 2.75) is 51.0 Å². The summed E-state index contributed by atoms with van der Waals surface area (Å²) in [6.45, 7) is 6.08. The van der Waals surface area contributed by atoms with Gasteiger partial charge in [-0.25, -0.2) is 0 Å². The molecule has 0 amide bonds. The lowest BCUT2D eigenvalue weighted by molar-refractivity contribution is -0.0335. The molecule has 0 radical (unpaired) electrons. The number of rotatable bonds is 2. The molecular formula is C21H26O3. The molecule has 2 N–H and O–H groups in total. The fraction of sp³-hybridized carbons (Fsp3) is 0.571. The maximum atomic E-state index is 13.2. The molecule has 0 unspecified atom stereocenters. The van der Waals surface area contributed by atoms with Gasteiger partial charge in [-0.15, -0.1) is 6.58 Å². The van der Waals surface area contributed by atoms with E-state index in [9.17, 15) is 15.0 Å². The molecule has 128 valence electrons. The van der Waals surface area contributed by atoms with Crippen molar-refractivity contribution < 1.29 is 15.0 Å². The van der Waals surface area contributed by atoms with Gasteiger partial charge in [0.25, 0.3) is 0 Å². The van der Waals surface area contributed by atoms with Crippen LogP contribution in [0.3, 0.4) is 0 Å². The van der Waals surface area contributed by atoms with Gasteiger partial charge in [0, 0.05) is 11.5 Å². The molecule has 0 spiro atoms. The van der Waals surface area contributed by atoms with Gasteiger partial charge in [-0.2, -0.15) is 0 Å². The van der Waals surface area contributed by atoms with E-state index in [0.29, 0.717) is 23.8 Å². The number of benzene rings is 1. The van der Waals surface area contributed by atoms with Gasteiger partial charge in [-0.05, 0) is 73.0 Å². The monoisotopic (exact) mass is 326 g/mol. The summed E-state index contributed by atoms with van der Waals surface area (Å²) in [7, 11) is 0. The number of Topliss-reactive ketones (excluding diaryl/α,β-unsaturated/α-hetero) is 1. The second-order valence-corrected chi connectivity index (χ2v) is 8.19. The van der Waals surface area contributed by atoms with E-state index in [2.05, 4.69) is 13.5 Å². The molecule has 0 aromatic heterocycles. The highest BCUT2D eigenvalue weighted by Gasteiger charge is 2.58. The van der Waals surface area contributed by atoms with Crippen molar-refractivity contribution in [2.75, 3.05) is 0 Å². The zero-order chi connectivity index (χ0) is 17.1. The van der Waals surface area contributed by atoms with Crippen molar-refractivity contribution in [3.8, 4) is 5.75 Å². The van der Waals surface area contributed by atoms with E-state index in [-0.39, 0.29) is 34.9 Å². The number of hydrogen-bond donors (Lipinski definition) is 2. The highest BCUT2D eigenvalue weighted by atomic mass is 16.3. The number of fused-ring (bicyclic) bond motifs is 5. The molecule has 3 aliphatic rings. The van der Waals surface area contributed by atoms with Gasteiger partial charge in [0.15, 0.2) is 5.78 Å². The number of hydrogen-bond acceptors (Lipinski definition) is 3. The molecule has 1 aromatic carbocycles. The summed E-state index contributed by atoms with van der Waals surface area (Å²) in [5, 5.41) is 20.4. The van der Waals surface area contributed by atoms with Crippen LogP contribution in [0.2, 0.25) is 0 Å². The van der Waals surface area contributed by atoms with Gasteiger partial charge in [-0.1, -0.05) is 19.1 Å². The molecule has 24 heavy (non-hydrogen) atoms. The molecule has 3 nitrogen and oxygen atoms in total. The molecule has 0 bridgehead atoms. The minimum Gasteiger partial charge on any atom is -0.508 e. The molecule has 6 atom stereocenters. The van der Waals surface area contributed by atoms with Crippen molar-refractivity contribution in [1.29, 1.82) is 0 Å². The largest absolute Gasteiger partial charge is 0.508 e. The van der Waals surface area contributed by atoms with Crippen LogP contribution in [0.5, 0.6) is 5.75 Å². The minimum absolute atomic E-state index is 0.0602. The van der Waals surface area contributed by atoms with E-state index in [1.54, 1.807) is 12.1 Å². The van der Waals surface area contributed by atoms with Crippen LogP contribution in [-0.2, 0) is 0 Å². The number of phenolic OH excluding ortho intramolecular Hbond substituents is 1. The first kappa shape index (κ1) is 15.9. The summed E-state index contributed by atoms with van der Waals surface area (Å²) >= 11 is 0. The van der Waals surface area contributed by atoms with Gasteiger partial charge >= 0.3 is 0 Å². The van der Waals surface area contributed by atoms with Crippen LogP contribution in [0.1, 0.15) is 60.9 Å². The van der Waals surface area contributed by atoms with E-state index in [1.807, 2.05) is 12.1 Å². The third-order valence-electron chi connectivity index (χ3n) is 7.21. The second kappa shape index (κ2) is 5.45. The molecule has 4 rings (SSSR count). The summed E-state index contributed by atoms with van der Waals surface area (Å²) in [5.74, 6) is 1.26. The Morgan fingerprint density at radius 3 is 2.88 bits per heavy atom. The van der Waals surface area contributed by atoms with E-state index >= 15 is 0 Å². The fourth-order valence-electron chi connectivity index (χ4n) is 5.99. The molecule has 2 saturated carbocycles. The average Bonchev–Trinajstić information content (AvgIpc) is 2.86. The molecule has 1 aromatic rings. The first-order chi connectivity index (χ1) is 11.5. The molecular weight excluding hydrogens is 300 g/mol. The van der Waals surface area contributed by atoms with Gasteiger partial charge in [0.2, 0.25) is 0 Å². The van der Waals surface area contributed by atoms with Gasteiger partial charge in [-0.3, -0.25) is 4.79 Å². The van der Waals surface area contributed by atoms with Crippen LogP contribution in [0.15, 0.2) is 30.9 Å². The molecule has 0 aliphatic heterocycles. The number of carbonyl (C=O) groups excluding carboxylic acids is 1. The molecule has 0 heterocycles. The standard InChI is InChI=1S/C21H26O3/c1-3-4-15-19-14(9-10-21(2)17(19)7-8-18(21)23)13-6-5-12(22)11-16(13)20(15)24/h3,5-6,11,14-15,17-19,22-23H,1,4,7-10H2,2H3/t14-,15+,17+,18+,19+,21+/m1/s1. The summed E-state index contributed by atoms with van der Waals surface area (Å²) in [6.07, 6.45) is 6.16. The van der Waals surface area contributed by atoms with Crippen molar-refractivity contribution >= 4 is 5.78 Å². The number of allylic oxidation sites excluding steroid dienone is 1. The third kappa shape index (κ3) is 2.03. The quantitative estimate of drug-likeness (QED) is 0.806. The van der Waals surface area contributed by atoms with Gasteiger partial charge in [0.1, 0.15) is 5.75 Å². The Balaban J connectivity index is 1.84. The van der Waals surface area contributed by atoms with Crippen molar-refractivity contribution in [1.82, 2.24) is 0 Å². The Kier molecular flexibility index (Phi) is 3.61. The zero-order valence-corrected chi connectivity index (χ0v) is 14.2. The fourth-order valence-corrected chi connectivity index (χ4v) is 5.99. The Morgan fingerprint density at radius 2 is 2.12 bits per heavy atom. The number of aliphatic hydroxyl groups is 1. The molecule has 3 heteroatoms. The maximum Gasteiger partial charge on any atom is 0.166 e. The number of aliphatic hydroxyl groups excluding tert-OH is 1. The number of aromatic hydroxyl groups is 1. The molecule has 2 fully saturated rings. The Hall–Kier alpha value is -1.61. The normalized spacial score (nSPS) is 40.6. The zero-order valence-electron chi connectivity index (χ0n) is 14.2.